The van der Waals surface area contributed by atoms with Gasteiger partial charge in [0.25, 0.3) is 0 Å². The van der Waals surface area contributed by atoms with Crippen LogP contribution in [-0.4, -0.2) is 46.3 Å². The molecule has 0 aromatic rings. The molecule has 7 heteroatoms. The van der Waals surface area contributed by atoms with Crippen molar-refractivity contribution >= 4 is 23.7 Å². The lowest BCUT2D eigenvalue weighted by molar-refractivity contribution is -0.154. The quantitative estimate of drug-likeness (QED) is 0.372. The minimum atomic E-state index is -1.18. The zero-order valence-corrected chi connectivity index (χ0v) is 11.1. The number of likely N-dealkylation sites (tertiary alicyclic amines) is 1. The molecule has 1 rings (SSSR count). The van der Waals surface area contributed by atoms with E-state index in [1.807, 2.05) is 0 Å². The summed E-state index contributed by atoms with van der Waals surface area (Å²) in [4.78, 5) is 46.0. The van der Waals surface area contributed by atoms with Crippen LogP contribution in [0.4, 0.5) is 0 Å². The van der Waals surface area contributed by atoms with E-state index in [1.165, 1.54) is 0 Å². The maximum atomic E-state index is 11.5. The minimum Gasteiger partial charge on any atom is -0.480 e. The van der Waals surface area contributed by atoms with E-state index in [0.29, 0.717) is 19.4 Å². The maximum absolute atomic E-state index is 11.5. The van der Waals surface area contributed by atoms with Gasteiger partial charge in [0, 0.05) is 19.4 Å². The summed E-state index contributed by atoms with van der Waals surface area (Å²) in [7, 11) is 0. The molecule has 1 aliphatic heterocycles. The summed E-state index contributed by atoms with van der Waals surface area (Å²) >= 11 is 0. The SMILES string of the molecule is C=CC(=O)NCCCCC(C(=O)O)N1C(=O)CCC1=O. The Morgan fingerprint density at radius 3 is 2.40 bits per heavy atom. The molecule has 0 radical (unpaired) electrons. The number of rotatable bonds is 8. The van der Waals surface area contributed by atoms with Crippen molar-refractivity contribution in [2.24, 2.45) is 0 Å². The first-order valence-corrected chi connectivity index (χ1v) is 6.45. The Morgan fingerprint density at radius 1 is 1.30 bits per heavy atom. The van der Waals surface area contributed by atoms with Crippen LogP contribution in [0.3, 0.4) is 0 Å². The molecule has 0 spiro atoms. The highest BCUT2D eigenvalue weighted by atomic mass is 16.4. The summed E-state index contributed by atoms with van der Waals surface area (Å²) in [5, 5.41) is 11.7. The number of carboxylic acid groups (broad SMARTS) is 1. The molecular formula is C13H18N2O5. The van der Waals surface area contributed by atoms with Crippen LogP contribution in [0.1, 0.15) is 32.1 Å². The predicted octanol–water partition coefficient (Wildman–Crippen LogP) is 0.0611. The smallest absolute Gasteiger partial charge is 0.326 e. The number of unbranched alkanes of at least 4 members (excludes halogenated alkanes) is 1. The second-order valence-electron chi connectivity index (χ2n) is 4.50. The number of hydrogen-bond donors (Lipinski definition) is 2. The van der Waals surface area contributed by atoms with Gasteiger partial charge in [-0.15, -0.1) is 0 Å². The number of aliphatic carboxylic acids is 1. The largest absolute Gasteiger partial charge is 0.480 e. The number of nitrogens with one attached hydrogen (secondary N) is 1. The second kappa shape index (κ2) is 7.42. The van der Waals surface area contributed by atoms with E-state index in [9.17, 15) is 19.2 Å². The monoisotopic (exact) mass is 282 g/mol. The first-order chi connectivity index (χ1) is 9.47. The van der Waals surface area contributed by atoms with Crippen LogP contribution in [0.15, 0.2) is 12.7 Å². The Balaban J connectivity index is 2.42. The van der Waals surface area contributed by atoms with Crippen LogP contribution < -0.4 is 5.32 Å². The third kappa shape index (κ3) is 4.18. The van der Waals surface area contributed by atoms with Crippen LogP contribution in [0, 0.1) is 0 Å². The van der Waals surface area contributed by atoms with Crippen molar-refractivity contribution in [3.05, 3.63) is 12.7 Å². The van der Waals surface area contributed by atoms with E-state index in [2.05, 4.69) is 11.9 Å². The van der Waals surface area contributed by atoms with Gasteiger partial charge in [-0.1, -0.05) is 6.58 Å². The van der Waals surface area contributed by atoms with E-state index in [4.69, 9.17) is 5.11 Å². The maximum Gasteiger partial charge on any atom is 0.326 e. The standard InChI is InChI=1S/C13H18N2O5/c1-2-10(16)14-8-4-3-5-9(13(19)20)15-11(17)6-7-12(15)18/h2,9H,1,3-8H2,(H,14,16)(H,19,20). The van der Waals surface area contributed by atoms with Gasteiger partial charge in [0.05, 0.1) is 0 Å². The highest BCUT2D eigenvalue weighted by molar-refractivity contribution is 6.04. The Labute approximate surface area is 116 Å². The van der Waals surface area contributed by atoms with Gasteiger partial charge in [0.15, 0.2) is 0 Å². The van der Waals surface area contributed by atoms with Crippen molar-refractivity contribution in [3.63, 3.8) is 0 Å². The molecule has 1 saturated heterocycles. The molecule has 0 saturated carbocycles. The van der Waals surface area contributed by atoms with Gasteiger partial charge in [-0.2, -0.15) is 0 Å². The summed E-state index contributed by atoms with van der Waals surface area (Å²) in [6.07, 6.45) is 2.57. The van der Waals surface area contributed by atoms with Crippen molar-refractivity contribution < 1.29 is 24.3 Å². The highest BCUT2D eigenvalue weighted by Gasteiger charge is 2.38. The molecule has 2 N–H and O–H groups in total. The molecule has 1 heterocycles. The van der Waals surface area contributed by atoms with E-state index in [0.717, 1.165) is 11.0 Å². The third-order valence-corrected chi connectivity index (χ3v) is 3.08. The zero-order valence-electron chi connectivity index (χ0n) is 11.1. The number of amides is 3. The number of carbonyl (C=O) groups is 4. The number of carboxylic acids is 1. The van der Waals surface area contributed by atoms with Crippen LogP contribution in [-0.2, 0) is 19.2 Å². The number of imide groups is 1. The Morgan fingerprint density at radius 2 is 1.90 bits per heavy atom. The summed E-state index contributed by atoms with van der Waals surface area (Å²) < 4.78 is 0. The number of nitrogens with zero attached hydrogens (tertiary/aromatic N) is 1. The van der Waals surface area contributed by atoms with Gasteiger partial charge < -0.3 is 10.4 Å². The van der Waals surface area contributed by atoms with Gasteiger partial charge in [-0.25, -0.2) is 4.79 Å². The minimum absolute atomic E-state index is 0.0814. The topological polar surface area (TPSA) is 104 Å². The lowest BCUT2D eigenvalue weighted by Crippen LogP contribution is -2.44. The molecule has 7 nitrogen and oxygen atoms in total. The molecule has 1 fully saturated rings. The summed E-state index contributed by atoms with van der Waals surface area (Å²) in [6, 6.07) is -1.10. The van der Waals surface area contributed by atoms with Crippen LogP contribution in [0.25, 0.3) is 0 Å². The lowest BCUT2D eigenvalue weighted by Gasteiger charge is -2.22. The zero-order chi connectivity index (χ0) is 15.1. The first-order valence-electron chi connectivity index (χ1n) is 6.45. The molecule has 20 heavy (non-hydrogen) atoms. The number of hydrogen-bond acceptors (Lipinski definition) is 4. The molecule has 110 valence electrons. The summed E-state index contributed by atoms with van der Waals surface area (Å²) in [6.45, 7) is 3.71. The van der Waals surface area contributed by atoms with E-state index >= 15 is 0 Å². The van der Waals surface area contributed by atoms with Crippen molar-refractivity contribution in [2.45, 2.75) is 38.1 Å². The number of carbonyl (C=O) groups excluding carboxylic acids is 3. The third-order valence-electron chi connectivity index (χ3n) is 3.08. The fourth-order valence-electron chi connectivity index (χ4n) is 2.05. The van der Waals surface area contributed by atoms with E-state index in [-0.39, 0.29) is 25.2 Å². The van der Waals surface area contributed by atoms with E-state index < -0.39 is 23.8 Å². The van der Waals surface area contributed by atoms with E-state index in [1.54, 1.807) is 0 Å². The molecule has 0 aromatic carbocycles. The van der Waals surface area contributed by atoms with Gasteiger partial charge in [0.2, 0.25) is 17.7 Å². The van der Waals surface area contributed by atoms with Crippen LogP contribution >= 0.6 is 0 Å². The molecule has 0 aliphatic carbocycles. The average Bonchev–Trinajstić information content (AvgIpc) is 2.73. The molecular weight excluding hydrogens is 264 g/mol. The molecule has 0 aromatic heterocycles. The van der Waals surface area contributed by atoms with Gasteiger partial charge in [-0.05, 0) is 25.3 Å². The molecule has 1 aliphatic rings. The molecule has 0 bridgehead atoms. The van der Waals surface area contributed by atoms with Crippen molar-refractivity contribution in [1.82, 2.24) is 10.2 Å². The molecule has 3 amide bonds. The Kier molecular flexibility index (Phi) is 5.89. The Bertz CT molecular complexity index is 416. The van der Waals surface area contributed by atoms with Crippen molar-refractivity contribution in [3.8, 4) is 0 Å². The molecule has 1 unspecified atom stereocenters. The fourth-order valence-corrected chi connectivity index (χ4v) is 2.05. The van der Waals surface area contributed by atoms with Crippen LogP contribution in [0.2, 0.25) is 0 Å². The van der Waals surface area contributed by atoms with Crippen molar-refractivity contribution in [1.29, 1.82) is 0 Å². The van der Waals surface area contributed by atoms with Crippen molar-refractivity contribution in [2.75, 3.05) is 6.54 Å². The summed E-state index contributed by atoms with van der Waals surface area (Å²) in [5.41, 5.74) is 0. The average molecular weight is 282 g/mol. The Hall–Kier alpha value is -2.18. The predicted molar refractivity (Wildman–Crippen MR) is 69.6 cm³/mol. The summed E-state index contributed by atoms with van der Waals surface area (Å²) in [5.74, 6) is -2.32. The fraction of sp³-hybridized carbons (Fsp3) is 0.538. The first kappa shape index (κ1) is 15.9. The molecule has 1 atom stereocenters. The van der Waals surface area contributed by atoms with Gasteiger partial charge in [-0.3, -0.25) is 19.3 Å². The lowest BCUT2D eigenvalue weighted by atomic mass is 10.1. The van der Waals surface area contributed by atoms with Gasteiger partial charge >= 0.3 is 5.97 Å². The van der Waals surface area contributed by atoms with Gasteiger partial charge in [0.1, 0.15) is 6.04 Å². The highest BCUT2D eigenvalue weighted by Crippen LogP contribution is 2.19. The second-order valence-corrected chi connectivity index (χ2v) is 4.50. The normalized spacial score (nSPS) is 16.1. The van der Waals surface area contributed by atoms with Crippen LogP contribution in [0.5, 0.6) is 0 Å².